The summed E-state index contributed by atoms with van der Waals surface area (Å²) in [6, 6.07) is 16.0. The standard InChI is InChI=1S/C27H24N4O8/c1-15-7-5-6-8-21(15)25(34)28-19-11-9-18(10-12-19)26-29-30(16(2)32)27(39-26)22-13-20(31(35)36)14-23(37-4)24(22)38-17(3)33/h5-14,27H,1-4H3,(H,28,34)/t27-/m1/s1. The number of methoxy groups -OCH3 is 1. The normalized spacial score (nSPS) is 14.2. The molecule has 39 heavy (non-hydrogen) atoms. The first kappa shape index (κ1) is 26.8. The number of ether oxygens (including phenoxy) is 3. The Morgan fingerprint density at radius 1 is 1.08 bits per heavy atom. The van der Waals surface area contributed by atoms with E-state index in [1.807, 2.05) is 19.1 Å². The van der Waals surface area contributed by atoms with Crippen LogP contribution in [0.1, 0.15) is 47.1 Å². The molecule has 0 aromatic heterocycles. The molecule has 0 saturated heterocycles. The number of rotatable bonds is 7. The maximum absolute atomic E-state index is 12.6. The number of benzene rings is 3. The third kappa shape index (κ3) is 5.69. The molecule has 0 radical (unpaired) electrons. The number of nitrogens with one attached hydrogen (secondary N) is 1. The van der Waals surface area contributed by atoms with Crippen molar-refractivity contribution in [1.82, 2.24) is 5.01 Å². The van der Waals surface area contributed by atoms with E-state index in [4.69, 9.17) is 14.2 Å². The molecule has 2 amide bonds. The van der Waals surface area contributed by atoms with Gasteiger partial charge in [-0.3, -0.25) is 24.5 Å². The minimum Gasteiger partial charge on any atom is -0.493 e. The van der Waals surface area contributed by atoms with Crippen LogP contribution in [0.4, 0.5) is 11.4 Å². The molecular weight excluding hydrogens is 508 g/mol. The van der Waals surface area contributed by atoms with Gasteiger partial charge in [0.1, 0.15) is 0 Å². The molecule has 0 unspecified atom stereocenters. The molecule has 0 saturated carbocycles. The number of aryl methyl sites for hydroxylation is 1. The highest BCUT2D eigenvalue weighted by atomic mass is 16.6. The first-order valence-electron chi connectivity index (χ1n) is 11.7. The highest BCUT2D eigenvalue weighted by molar-refractivity contribution is 6.05. The van der Waals surface area contributed by atoms with Gasteiger partial charge in [-0.1, -0.05) is 18.2 Å². The average molecular weight is 533 g/mol. The van der Waals surface area contributed by atoms with Crippen LogP contribution in [0.25, 0.3) is 0 Å². The SMILES string of the molecule is COc1cc([N+](=O)[O-])cc([C@H]2OC(c3ccc(NC(=O)c4ccccc4C)cc3)=NN2C(C)=O)c1OC(C)=O. The van der Waals surface area contributed by atoms with Crippen molar-refractivity contribution in [3.8, 4) is 11.5 Å². The van der Waals surface area contributed by atoms with Gasteiger partial charge < -0.3 is 19.5 Å². The number of nitro groups is 1. The fraction of sp³-hybridized carbons (Fsp3) is 0.185. The molecule has 1 atom stereocenters. The molecule has 200 valence electrons. The Labute approximate surface area is 222 Å². The molecule has 4 rings (SSSR count). The molecule has 3 aromatic rings. The first-order valence-corrected chi connectivity index (χ1v) is 11.7. The number of anilines is 1. The number of esters is 1. The quantitative estimate of drug-likeness (QED) is 0.204. The molecule has 12 nitrogen and oxygen atoms in total. The summed E-state index contributed by atoms with van der Waals surface area (Å²) >= 11 is 0. The fourth-order valence-electron chi connectivity index (χ4n) is 3.91. The lowest BCUT2D eigenvalue weighted by Gasteiger charge is -2.22. The largest absolute Gasteiger partial charge is 0.493 e. The zero-order chi connectivity index (χ0) is 28.3. The predicted octanol–water partition coefficient (Wildman–Crippen LogP) is 4.33. The van der Waals surface area contributed by atoms with E-state index < -0.39 is 23.0 Å². The van der Waals surface area contributed by atoms with Crippen molar-refractivity contribution in [3.05, 3.63) is 93.0 Å². The smallest absolute Gasteiger partial charge is 0.308 e. The first-order chi connectivity index (χ1) is 18.6. The second kappa shape index (κ2) is 11.0. The molecule has 1 heterocycles. The molecule has 0 aliphatic carbocycles. The maximum atomic E-state index is 12.6. The fourth-order valence-corrected chi connectivity index (χ4v) is 3.91. The highest BCUT2D eigenvalue weighted by Crippen LogP contribution is 2.43. The van der Waals surface area contributed by atoms with E-state index in [-0.39, 0.29) is 34.6 Å². The van der Waals surface area contributed by atoms with Crippen LogP contribution in [0, 0.1) is 17.0 Å². The van der Waals surface area contributed by atoms with Crippen LogP contribution in [0.2, 0.25) is 0 Å². The van der Waals surface area contributed by atoms with Crippen LogP contribution in [0.3, 0.4) is 0 Å². The van der Waals surface area contributed by atoms with Gasteiger partial charge in [-0.25, -0.2) is 0 Å². The zero-order valence-electron chi connectivity index (χ0n) is 21.5. The van der Waals surface area contributed by atoms with E-state index in [0.29, 0.717) is 16.8 Å². The summed E-state index contributed by atoms with van der Waals surface area (Å²) in [6.07, 6.45) is -1.29. The summed E-state index contributed by atoms with van der Waals surface area (Å²) in [5.41, 5.74) is 1.98. The van der Waals surface area contributed by atoms with Gasteiger partial charge >= 0.3 is 5.97 Å². The molecule has 0 fully saturated rings. The second-order valence-corrected chi connectivity index (χ2v) is 8.50. The van der Waals surface area contributed by atoms with Gasteiger partial charge in [-0.05, 0) is 42.8 Å². The van der Waals surface area contributed by atoms with Crippen molar-refractivity contribution in [2.45, 2.75) is 27.0 Å². The number of amides is 2. The Morgan fingerprint density at radius 2 is 1.77 bits per heavy atom. The van der Waals surface area contributed by atoms with Crippen molar-refractivity contribution < 1.29 is 33.5 Å². The third-order valence-corrected chi connectivity index (χ3v) is 5.76. The van der Waals surface area contributed by atoms with Crippen molar-refractivity contribution in [2.75, 3.05) is 12.4 Å². The van der Waals surface area contributed by atoms with Crippen LogP contribution >= 0.6 is 0 Å². The van der Waals surface area contributed by atoms with E-state index in [1.54, 1.807) is 36.4 Å². The molecule has 3 aromatic carbocycles. The number of hydrazone groups is 1. The minimum absolute atomic E-state index is 0.00712. The van der Waals surface area contributed by atoms with Gasteiger partial charge in [0.05, 0.1) is 23.7 Å². The van der Waals surface area contributed by atoms with E-state index in [0.717, 1.165) is 29.6 Å². The monoisotopic (exact) mass is 532 g/mol. The topological polar surface area (TPSA) is 150 Å². The zero-order valence-corrected chi connectivity index (χ0v) is 21.5. The second-order valence-electron chi connectivity index (χ2n) is 8.50. The lowest BCUT2D eigenvalue weighted by atomic mass is 10.1. The van der Waals surface area contributed by atoms with Gasteiger partial charge in [0.15, 0.2) is 11.5 Å². The Morgan fingerprint density at radius 3 is 2.36 bits per heavy atom. The number of carbonyl (C=O) groups is 3. The van der Waals surface area contributed by atoms with Gasteiger partial charge in [-0.2, -0.15) is 5.01 Å². The minimum atomic E-state index is -1.29. The predicted molar refractivity (Wildman–Crippen MR) is 139 cm³/mol. The lowest BCUT2D eigenvalue weighted by Crippen LogP contribution is -2.26. The number of non-ortho nitro benzene ring substituents is 1. The van der Waals surface area contributed by atoms with Crippen LogP contribution < -0.4 is 14.8 Å². The number of hydrogen-bond donors (Lipinski definition) is 1. The highest BCUT2D eigenvalue weighted by Gasteiger charge is 2.38. The van der Waals surface area contributed by atoms with Crippen molar-refractivity contribution in [2.24, 2.45) is 5.10 Å². The summed E-state index contributed by atoms with van der Waals surface area (Å²) in [5, 5.41) is 19.6. The number of carbonyl (C=O) groups excluding carboxylic acids is 3. The van der Waals surface area contributed by atoms with Crippen LogP contribution in [-0.4, -0.2) is 40.7 Å². The lowest BCUT2D eigenvalue weighted by molar-refractivity contribution is -0.385. The van der Waals surface area contributed by atoms with Crippen molar-refractivity contribution >= 4 is 35.1 Å². The Hall–Kier alpha value is -5.26. The third-order valence-electron chi connectivity index (χ3n) is 5.76. The van der Waals surface area contributed by atoms with Gasteiger partial charge in [0, 0.05) is 36.7 Å². The molecule has 1 aliphatic heterocycles. The van der Waals surface area contributed by atoms with E-state index in [2.05, 4.69) is 10.4 Å². The average Bonchev–Trinajstić information content (AvgIpc) is 3.34. The van der Waals surface area contributed by atoms with Crippen LogP contribution in [0.15, 0.2) is 65.8 Å². The summed E-state index contributed by atoms with van der Waals surface area (Å²) < 4.78 is 16.5. The molecule has 12 heteroatoms. The molecule has 1 N–H and O–H groups in total. The number of nitro benzene ring substituents is 1. The van der Waals surface area contributed by atoms with Crippen LogP contribution in [-0.2, 0) is 14.3 Å². The van der Waals surface area contributed by atoms with Crippen molar-refractivity contribution in [3.63, 3.8) is 0 Å². The van der Waals surface area contributed by atoms with Gasteiger partial charge in [0.2, 0.25) is 18.0 Å². The Kier molecular flexibility index (Phi) is 7.56. The Bertz CT molecular complexity index is 1500. The Balaban J connectivity index is 1.64. The molecular formula is C27H24N4O8. The molecule has 0 bridgehead atoms. The number of hydrogen-bond acceptors (Lipinski definition) is 9. The van der Waals surface area contributed by atoms with E-state index in [9.17, 15) is 24.5 Å². The van der Waals surface area contributed by atoms with E-state index in [1.165, 1.54) is 14.0 Å². The van der Waals surface area contributed by atoms with Gasteiger partial charge in [0.25, 0.3) is 11.6 Å². The summed E-state index contributed by atoms with van der Waals surface area (Å²) in [7, 11) is 1.26. The van der Waals surface area contributed by atoms with E-state index >= 15 is 0 Å². The number of nitrogens with zero attached hydrogens (tertiary/aromatic N) is 3. The summed E-state index contributed by atoms with van der Waals surface area (Å²) in [5.74, 6) is -1.71. The maximum Gasteiger partial charge on any atom is 0.308 e. The van der Waals surface area contributed by atoms with Crippen molar-refractivity contribution in [1.29, 1.82) is 0 Å². The summed E-state index contributed by atoms with van der Waals surface area (Å²) in [6.45, 7) is 4.24. The molecule has 0 spiro atoms. The van der Waals surface area contributed by atoms with Crippen LogP contribution in [0.5, 0.6) is 11.5 Å². The summed E-state index contributed by atoms with van der Waals surface area (Å²) in [4.78, 5) is 47.8. The molecule has 1 aliphatic rings. The van der Waals surface area contributed by atoms with Gasteiger partial charge in [-0.15, -0.1) is 5.10 Å².